The Kier molecular flexibility index (Phi) is 7.65. The van der Waals surface area contributed by atoms with Crippen LogP contribution in [0.25, 0.3) is 22.3 Å². The van der Waals surface area contributed by atoms with Crippen molar-refractivity contribution in [1.82, 2.24) is 0 Å². The van der Waals surface area contributed by atoms with Gasteiger partial charge in [-0.15, -0.1) is 0 Å². The van der Waals surface area contributed by atoms with Gasteiger partial charge >= 0.3 is 12.2 Å². The Morgan fingerprint density at radius 2 is 0.949 bits per heavy atom. The van der Waals surface area contributed by atoms with Crippen molar-refractivity contribution in [1.29, 1.82) is 0 Å². The van der Waals surface area contributed by atoms with Gasteiger partial charge in [0, 0.05) is 11.4 Å². The number of ether oxygens (including phenoxy) is 2. The van der Waals surface area contributed by atoms with E-state index in [1.54, 1.807) is 42.5 Å². The van der Waals surface area contributed by atoms with E-state index in [2.05, 4.69) is 10.6 Å². The summed E-state index contributed by atoms with van der Waals surface area (Å²) in [5.74, 6) is 0.834. The Morgan fingerprint density at radius 3 is 1.44 bits per heavy atom. The monoisotopic (exact) mass is 514 g/mol. The Morgan fingerprint density at radius 1 is 0.513 bits per heavy atom. The Bertz CT molecular complexity index is 1570. The predicted molar refractivity (Wildman–Crippen MR) is 154 cm³/mol. The Hall–Kier alpha value is -5.36. The zero-order valence-corrected chi connectivity index (χ0v) is 21.3. The van der Waals surface area contributed by atoms with Crippen LogP contribution >= 0.6 is 0 Å². The molecule has 0 heterocycles. The van der Waals surface area contributed by atoms with Crippen molar-refractivity contribution in [2.75, 3.05) is 10.6 Å². The maximum Gasteiger partial charge on any atom is 0.417 e. The number of rotatable bonds is 6. The van der Waals surface area contributed by atoms with E-state index in [4.69, 9.17) is 9.47 Å². The van der Waals surface area contributed by atoms with Crippen molar-refractivity contribution >= 4 is 23.6 Å². The molecule has 2 amide bonds. The standard InChI is InChI=1S/C33H26N2O4/c1-23-12-17-28(34-32(36)38-29-18-13-26(14-19-29)24-8-4-2-5-9-24)22-31(23)35-33(37)39-30-20-15-27(16-21-30)25-10-6-3-7-11-25/h2-22H,1H3,(H,34,36)(H,35,37). The zero-order valence-electron chi connectivity index (χ0n) is 21.3. The number of anilines is 2. The third-order valence-electron chi connectivity index (χ3n) is 6.06. The van der Waals surface area contributed by atoms with E-state index < -0.39 is 12.2 Å². The average Bonchev–Trinajstić information content (AvgIpc) is 2.96. The molecule has 0 atom stereocenters. The van der Waals surface area contributed by atoms with Gasteiger partial charge in [0.05, 0.1) is 0 Å². The van der Waals surface area contributed by atoms with Crippen LogP contribution in [0, 0.1) is 6.92 Å². The molecule has 5 aromatic rings. The predicted octanol–water partition coefficient (Wildman–Crippen LogP) is 8.55. The first-order valence-electron chi connectivity index (χ1n) is 12.4. The minimum Gasteiger partial charge on any atom is -0.410 e. The van der Waals surface area contributed by atoms with Crippen molar-refractivity contribution in [3.05, 3.63) is 133 Å². The lowest BCUT2D eigenvalue weighted by Crippen LogP contribution is -2.19. The summed E-state index contributed by atoms with van der Waals surface area (Å²) >= 11 is 0. The molecule has 0 bridgehead atoms. The van der Waals surface area contributed by atoms with Gasteiger partial charge in [-0.2, -0.15) is 0 Å². The molecule has 192 valence electrons. The molecule has 6 heteroatoms. The largest absolute Gasteiger partial charge is 0.417 e. The number of aryl methyl sites for hydroxylation is 1. The summed E-state index contributed by atoms with van der Waals surface area (Å²) in [5, 5.41) is 5.43. The second kappa shape index (κ2) is 11.8. The van der Waals surface area contributed by atoms with Gasteiger partial charge in [-0.25, -0.2) is 9.59 Å². The minimum absolute atomic E-state index is 0.416. The summed E-state index contributed by atoms with van der Waals surface area (Å²) < 4.78 is 10.9. The molecule has 39 heavy (non-hydrogen) atoms. The second-order valence-corrected chi connectivity index (χ2v) is 8.84. The first kappa shape index (κ1) is 25.3. The first-order chi connectivity index (χ1) is 19.0. The lowest BCUT2D eigenvalue weighted by Gasteiger charge is -2.12. The highest BCUT2D eigenvalue weighted by molar-refractivity contribution is 5.91. The van der Waals surface area contributed by atoms with Gasteiger partial charge in [0.15, 0.2) is 0 Å². The number of benzene rings is 5. The lowest BCUT2D eigenvalue weighted by atomic mass is 10.1. The Balaban J connectivity index is 1.17. The fraction of sp³-hybridized carbons (Fsp3) is 0.0303. The van der Waals surface area contributed by atoms with Gasteiger partial charge in [0.2, 0.25) is 0 Å². The summed E-state index contributed by atoms with van der Waals surface area (Å²) in [6.45, 7) is 1.85. The van der Waals surface area contributed by atoms with Gasteiger partial charge < -0.3 is 9.47 Å². The average molecular weight is 515 g/mol. The number of hydrogen-bond donors (Lipinski definition) is 2. The molecule has 5 aromatic carbocycles. The fourth-order valence-electron chi connectivity index (χ4n) is 4.02. The molecule has 0 fully saturated rings. The molecule has 6 nitrogen and oxygen atoms in total. The van der Waals surface area contributed by atoms with Crippen molar-refractivity contribution in [3.63, 3.8) is 0 Å². The molecule has 0 saturated heterocycles. The highest BCUT2D eigenvalue weighted by Gasteiger charge is 2.11. The van der Waals surface area contributed by atoms with E-state index in [-0.39, 0.29) is 0 Å². The minimum atomic E-state index is -0.640. The zero-order chi connectivity index (χ0) is 27.0. The van der Waals surface area contributed by atoms with E-state index >= 15 is 0 Å². The highest BCUT2D eigenvalue weighted by Crippen LogP contribution is 2.25. The summed E-state index contributed by atoms with van der Waals surface area (Å²) in [6.07, 6.45) is -1.28. The lowest BCUT2D eigenvalue weighted by molar-refractivity contribution is 0.214. The van der Waals surface area contributed by atoms with Crippen LogP contribution in [0.2, 0.25) is 0 Å². The molecule has 5 rings (SSSR count). The molecule has 0 radical (unpaired) electrons. The summed E-state index contributed by atoms with van der Waals surface area (Å²) in [4.78, 5) is 25.0. The van der Waals surface area contributed by atoms with Crippen LogP contribution in [0.1, 0.15) is 5.56 Å². The highest BCUT2D eigenvalue weighted by atomic mass is 16.6. The van der Waals surface area contributed by atoms with Gasteiger partial charge in [0.1, 0.15) is 11.5 Å². The molecule has 0 aliphatic heterocycles. The number of carbonyl (C=O) groups is 2. The smallest absolute Gasteiger partial charge is 0.410 e. The van der Waals surface area contributed by atoms with E-state index in [9.17, 15) is 9.59 Å². The van der Waals surface area contributed by atoms with Crippen LogP contribution in [0.15, 0.2) is 127 Å². The topological polar surface area (TPSA) is 76.7 Å². The first-order valence-corrected chi connectivity index (χ1v) is 12.4. The van der Waals surface area contributed by atoms with Crippen molar-refractivity contribution < 1.29 is 19.1 Å². The quantitative estimate of drug-likeness (QED) is 0.238. The van der Waals surface area contributed by atoms with E-state index in [0.29, 0.717) is 22.9 Å². The normalized spacial score (nSPS) is 10.4. The molecule has 0 unspecified atom stereocenters. The molecule has 0 aliphatic rings. The van der Waals surface area contributed by atoms with E-state index in [0.717, 1.165) is 27.8 Å². The third kappa shape index (κ3) is 6.70. The Labute approximate surface area is 226 Å². The summed E-state index contributed by atoms with van der Waals surface area (Å²) in [5.41, 5.74) is 5.99. The molecular weight excluding hydrogens is 488 g/mol. The van der Waals surface area contributed by atoms with Gasteiger partial charge in [-0.1, -0.05) is 91.0 Å². The molecule has 0 saturated carbocycles. The molecule has 0 spiro atoms. The van der Waals surface area contributed by atoms with Gasteiger partial charge in [-0.05, 0) is 71.1 Å². The van der Waals surface area contributed by atoms with E-state index in [1.807, 2.05) is 91.9 Å². The van der Waals surface area contributed by atoms with Crippen LogP contribution in [0.3, 0.4) is 0 Å². The maximum atomic E-state index is 12.5. The maximum absolute atomic E-state index is 12.5. The van der Waals surface area contributed by atoms with Crippen LogP contribution in [-0.4, -0.2) is 12.2 Å². The molecular formula is C33H26N2O4. The fourth-order valence-corrected chi connectivity index (χ4v) is 4.02. The van der Waals surface area contributed by atoms with Crippen LogP contribution < -0.4 is 20.1 Å². The number of amides is 2. The van der Waals surface area contributed by atoms with Gasteiger partial charge in [-0.3, -0.25) is 10.6 Å². The number of hydrogen-bond acceptors (Lipinski definition) is 4. The van der Waals surface area contributed by atoms with E-state index in [1.165, 1.54) is 0 Å². The van der Waals surface area contributed by atoms with Crippen LogP contribution in [0.4, 0.5) is 21.0 Å². The molecule has 0 aromatic heterocycles. The van der Waals surface area contributed by atoms with Crippen LogP contribution in [-0.2, 0) is 0 Å². The SMILES string of the molecule is Cc1ccc(NC(=O)Oc2ccc(-c3ccccc3)cc2)cc1NC(=O)Oc1ccc(-c2ccccc2)cc1. The van der Waals surface area contributed by atoms with Crippen LogP contribution in [0.5, 0.6) is 11.5 Å². The third-order valence-corrected chi connectivity index (χ3v) is 6.06. The van der Waals surface area contributed by atoms with Gasteiger partial charge in [0.25, 0.3) is 0 Å². The number of nitrogens with one attached hydrogen (secondary N) is 2. The van der Waals surface area contributed by atoms with Crippen molar-refractivity contribution in [2.24, 2.45) is 0 Å². The summed E-state index contributed by atoms with van der Waals surface area (Å²) in [7, 11) is 0. The molecule has 2 N–H and O–H groups in total. The van der Waals surface area contributed by atoms with Crippen molar-refractivity contribution in [3.8, 4) is 33.8 Å². The second-order valence-electron chi connectivity index (χ2n) is 8.84. The molecule has 0 aliphatic carbocycles. The number of carbonyl (C=O) groups excluding carboxylic acids is 2. The van der Waals surface area contributed by atoms with Crippen molar-refractivity contribution in [2.45, 2.75) is 6.92 Å². The summed E-state index contributed by atoms with van der Waals surface area (Å²) in [6, 6.07) is 39.6.